The molecule has 0 aliphatic carbocycles. The van der Waals surface area contributed by atoms with Crippen molar-refractivity contribution in [2.24, 2.45) is 0 Å². The molecular weight excluding hydrogens is 204 g/mol. The zero-order chi connectivity index (χ0) is 12.1. The number of aromatic amines is 1. The highest BCUT2D eigenvalue weighted by Gasteiger charge is 2.12. The van der Waals surface area contributed by atoms with E-state index < -0.39 is 11.5 Å². The first kappa shape index (κ1) is 12.1. The Hall–Kier alpha value is -2.02. The van der Waals surface area contributed by atoms with E-state index in [9.17, 15) is 9.59 Å². The van der Waals surface area contributed by atoms with E-state index in [0.29, 0.717) is 12.1 Å². The molecular formula is C12H14N2O2. The first-order chi connectivity index (χ1) is 7.58. The van der Waals surface area contributed by atoms with E-state index in [0.717, 1.165) is 0 Å². The Morgan fingerprint density at radius 3 is 2.81 bits per heavy atom. The van der Waals surface area contributed by atoms with Gasteiger partial charge in [0.1, 0.15) is 5.56 Å². The predicted octanol–water partition coefficient (Wildman–Crippen LogP) is 0.825. The molecule has 0 spiro atoms. The molecule has 0 aliphatic heterocycles. The molecule has 0 radical (unpaired) electrons. The van der Waals surface area contributed by atoms with Gasteiger partial charge in [0.2, 0.25) is 0 Å². The van der Waals surface area contributed by atoms with E-state index in [1.165, 1.54) is 6.07 Å². The number of hydrogen-bond acceptors (Lipinski definition) is 2. The molecule has 4 nitrogen and oxygen atoms in total. The summed E-state index contributed by atoms with van der Waals surface area (Å²) in [7, 11) is 0. The van der Waals surface area contributed by atoms with Gasteiger partial charge in [-0.1, -0.05) is 12.8 Å². The van der Waals surface area contributed by atoms with Crippen molar-refractivity contribution in [3.63, 3.8) is 0 Å². The lowest BCUT2D eigenvalue weighted by Gasteiger charge is -2.09. The maximum Gasteiger partial charge on any atom is 0.260 e. The zero-order valence-electron chi connectivity index (χ0n) is 9.33. The van der Waals surface area contributed by atoms with Crippen LogP contribution in [0, 0.1) is 19.3 Å². The average molecular weight is 218 g/mol. The Kier molecular flexibility index (Phi) is 3.90. The Bertz CT molecular complexity index is 483. The molecule has 0 aliphatic rings. The smallest absolute Gasteiger partial charge is 0.260 e. The summed E-state index contributed by atoms with van der Waals surface area (Å²) in [5.41, 5.74) is 0.397. The Morgan fingerprint density at radius 2 is 2.31 bits per heavy atom. The summed E-state index contributed by atoms with van der Waals surface area (Å²) in [5, 5.41) is 2.60. The van der Waals surface area contributed by atoms with Crippen LogP contribution in [-0.4, -0.2) is 16.9 Å². The van der Waals surface area contributed by atoms with Crippen LogP contribution >= 0.6 is 0 Å². The molecule has 0 aromatic carbocycles. The first-order valence-electron chi connectivity index (χ1n) is 5.05. The number of rotatable bonds is 3. The number of aromatic nitrogens is 1. The number of pyridine rings is 1. The van der Waals surface area contributed by atoms with Gasteiger partial charge in [0.05, 0.1) is 6.04 Å². The van der Waals surface area contributed by atoms with Crippen LogP contribution in [0.4, 0.5) is 0 Å². The Balaban J connectivity index is 2.90. The van der Waals surface area contributed by atoms with Crippen molar-refractivity contribution < 1.29 is 4.79 Å². The molecule has 1 heterocycles. The van der Waals surface area contributed by atoms with Crippen molar-refractivity contribution in [3.8, 4) is 12.3 Å². The minimum atomic E-state index is -0.439. The first-order valence-corrected chi connectivity index (χ1v) is 5.05. The maximum atomic E-state index is 11.7. The van der Waals surface area contributed by atoms with Crippen molar-refractivity contribution >= 4 is 5.91 Å². The normalized spacial score (nSPS) is 11.6. The quantitative estimate of drug-likeness (QED) is 0.738. The molecule has 1 atom stereocenters. The summed E-state index contributed by atoms with van der Waals surface area (Å²) in [6, 6.07) is 2.83. The highest BCUT2D eigenvalue weighted by atomic mass is 16.2. The van der Waals surface area contributed by atoms with E-state index in [1.807, 2.05) is 6.92 Å². The number of terminal acetylenes is 1. The van der Waals surface area contributed by atoms with Gasteiger partial charge in [0.15, 0.2) is 0 Å². The van der Waals surface area contributed by atoms with Gasteiger partial charge < -0.3 is 10.3 Å². The number of H-pyrrole nitrogens is 1. The van der Waals surface area contributed by atoms with Crippen LogP contribution in [-0.2, 0) is 0 Å². The van der Waals surface area contributed by atoms with Crippen molar-refractivity contribution in [2.75, 3.05) is 0 Å². The molecule has 4 heteroatoms. The van der Waals surface area contributed by atoms with Gasteiger partial charge in [0, 0.05) is 5.69 Å². The van der Waals surface area contributed by atoms with Gasteiger partial charge in [-0.2, -0.15) is 0 Å². The zero-order valence-corrected chi connectivity index (χ0v) is 9.33. The Morgan fingerprint density at radius 1 is 1.62 bits per heavy atom. The average Bonchev–Trinajstić information content (AvgIpc) is 2.25. The second-order valence-electron chi connectivity index (χ2n) is 3.49. The van der Waals surface area contributed by atoms with E-state index in [4.69, 9.17) is 6.42 Å². The molecule has 1 unspecified atom stereocenters. The second kappa shape index (κ2) is 5.17. The molecule has 1 rings (SSSR count). The highest BCUT2D eigenvalue weighted by Crippen LogP contribution is 1.96. The number of hydrogen-bond donors (Lipinski definition) is 2. The number of aryl methyl sites for hydroxylation is 1. The number of carbonyl (C=O) groups excluding carboxylic acids is 1. The van der Waals surface area contributed by atoms with Crippen molar-refractivity contribution in [1.29, 1.82) is 0 Å². The van der Waals surface area contributed by atoms with Crippen LogP contribution in [0.2, 0.25) is 0 Å². The fourth-order valence-electron chi connectivity index (χ4n) is 1.25. The minimum Gasteiger partial charge on any atom is -0.338 e. The molecule has 0 bridgehead atoms. The summed E-state index contributed by atoms with van der Waals surface area (Å²) < 4.78 is 0. The standard InChI is InChI=1S/C12H14N2O2/c1-4-9(5-2)14-12(16)10-7-6-8(3)13-11(10)15/h1,6-7,9H,5H2,2-3H3,(H,13,15)(H,14,16). The van der Waals surface area contributed by atoms with Gasteiger partial charge in [-0.05, 0) is 25.5 Å². The largest absolute Gasteiger partial charge is 0.338 e. The number of carbonyl (C=O) groups is 1. The molecule has 1 amide bonds. The highest BCUT2D eigenvalue weighted by molar-refractivity contribution is 5.94. The lowest BCUT2D eigenvalue weighted by atomic mass is 10.2. The lowest BCUT2D eigenvalue weighted by molar-refractivity contribution is 0.0943. The third kappa shape index (κ3) is 2.74. The van der Waals surface area contributed by atoms with Crippen LogP contribution in [0.15, 0.2) is 16.9 Å². The topological polar surface area (TPSA) is 62.0 Å². The SMILES string of the molecule is C#CC(CC)NC(=O)c1ccc(C)[nH]c1=O. The minimum absolute atomic E-state index is 0.0827. The molecule has 16 heavy (non-hydrogen) atoms. The third-order valence-electron chi connectivity index (χ3n) is 2.21. The van der Waals surface area contributed by atoms with E-state index in [-0.39, 0.29) is 11.6 Å². The van der Waals surface area contributed by atoms with Crippen molar-refractivity contribution in [1.82, 2.24) is 10.3 Å². The van der Waals surface area contributed by atoms with Gasteiger partial charge in [0.25, 0.3) is 11.5 Å². The fourth-order valence-corrected chi connectivity index (χ4v) is 1.25. The summed E-state index contributed by atoms with van der Waals surface area (Å²) >= 11 is 0. The number of nitrogens with one attached hydrogen (secondary N) is 2. The van der Waals surface area contributed by atoms with Crippen LogP contribution < -0.4 is 10.9 Å². The van der Waals surface area contributed by atoms with Crippen LogP contribution in [0.5, 0.6) is 0 Å². The molecule has 0 saturated heterocycles. The molecule has 2 N–H and O–H groups in total. The summed E-state index contributed by atoms with van der Waals surface area (Å²) in [4.78, 5) is 25.7. The molecule has 0 saturated carbocycles. The maximum absolute atomic E-state index is 11.7. The summed E-state index contributed by atoms with van der Waals surface area (Å²) in [6.07, 6.45) is 5.85. The summed E-state index contributed by atoms with van der Waals surface area (Å²) in [6.45, 7) is 3.61. The van der Waals surface area contributed by atoms with Gasteiger partial charge in [-0.25, -0.2) is 0 Å². The van der Waals surface area contributed by atoms with E-state index in [1.54, 1.807) is 13.0 Å². The molecule has 0 fully saturated rings. The van der Waals surface area contributed by atoms with Crippen LogP contribution in [0.1, 0.15) is 29.4 Å². The van der Waals surface area contributed by atoms with Gasteiger partial charge in [-0.15, -0.1) is 6.42 Å². The number of amides is 1. The van der Waals surface area contributed by atoms with E-state index in [2.05, 4.69) is 16.2 Å². The van der Waals surface area contributed by atoms with Crippen LogP contribution in [0.3, 0.4) is 0 Å². The predicted molar refractivity (Wildman–Crippen MR) is 62.2 cm³/mol. The van der Waals surface area contributed by atoms with Gasteiger partial charge in [-0.3, -0.25) is 9.59 Å². The molecule has 1 aromatic heterocycles. The van der Waals surface area contributed by atoms with Crippen LogP contribution in [0.25, 0.3) is 0 Å². The molecule has 1 aromatic rings. The second-order valence-corrected chi connectivity index (χ2v) is 3.49. The van der Waals surface area contributed by atoms with Crippen molar-refractivity contribution in [3.05, 3.63) is 33.7 Å². The van der Waals surface area contributed by atoms with Crippen molar-refractivity contribution in [2.45, 2.75) is 26.3 Å². The lowest BCUT2D eigenvalue weighted by Crippen LogP contribution is -2.36. The molecule has 84 valence electrons. The van der Waals surface area contributed by atoms with E-state index >= 15 is 0 Å². The monoisotopic (exact) mass is 218 g/mol. The summed E-state index contributed by atoms with van der Waals surface area (Å²) in [5.74, 6) is 2.00. The van der Waals surface area contributed by atoms with Gasteiger partial charge >= 0.3 is 0 Å². The fraction of sp³-hybridized carbons (Fsp3) is 0.333. The third-order valence-corrected chi connectivity index (χ3v) is 2.21. The Labute approximate surface area is 94.1 Å².